The molecule has 2 N–H and O–H groups in total. The van der Waals surface area contributed by atoms with Gasteiger partial charge in [0.05, 0.1) is 5.69 Å². The van der Waals surface area contributed by atoms with Crippen LogP contribution in [0.5, 0.6) is 5.75 Å². The fourth-order valence-electron chi connectivity index (χ4n) is 2.03. The molecular formula is C14H17F3N2O2S. The van der Waals surface area contributed by atoms with E-state index in [1.165, 1.54) is 12.1 Å². The van der Waals surface area contributed by atoms with E-state index in [4.69, 9.17) is 4.74 Å². The molecule has 1 saturated heterocycles. The van der Waals surface area contributed by atoms with E-state index in [1.54, 1.807) is 23.9 Å². The molecular weight excluding hydrogens is 317 g/mol. The Kier molecular flexibility index (Phi) is 5.96. The molecule has 1 fully saturated rings. The number of ether oxygens (including phenoxy) is 1. The predicted octanol–water partition coefficient (Wildman–Crippen LogP) is 2.66. The first kappa shape index (κ1) is 17.0. The van der Waals surface area contributed by atoms with E-state index >= 15 is 0 Å². The molecule has 0 radical (unpaired) electrons. The van der Waals surface area contributed by atoms with Crippen LogP contribution in [-0.4, -0.2) is 42.8 Å². The third-order valence-corrected chi connectivity index (χ3v) is 4.11. The van der Waals surface area contributed by atoms with Crippen molar-refractivity contribution in [2.24, 2.45) is 0 Å². The molecule has 1 unspecified atom stereocenters. The van der Waals surface area contributed by atoms with Gasteiger partial charge in [0, 0.05) is 30.5 Å². The fraction of sp³-hybridized carbons (Fsp3) is 0.500. The van der Waals surface area contributed by atoms with Crippen LogP contribution in [0.2, 0.25) is 0 Å². The third kappa shape index (κ3) is 5.76. The Hall–Kier alpha value is -1.41. The quantitative estimate of drug-likeness (QED) is 0.869. The third-order valence-electron chi connectivity index (χ3n) is 2.98. The summed E-state index contributed by atoms with van der Waals surface area (Å²) in [5, 5.41) is 5.85. The monoisotopic (exact) mass is 334 g/mol. The van der Waals surface area contributed by atoms with Gasteiger partial charge >= 0.3 is 6.18 Å². The van der Waals surface area contributed by atoms with Crippen molar-refractivity contribution in [2.45, 2.75) is 18.6 Å². The van der Waals surface area contributed by atoms with Crippen LogP contribution in [0.4, 0.5) is 18.9 Å². The van der Waals surface area contributed by atoms with Gasteiger partial charge < -0.3 is 15.4 Å². The smallest absolute Gasteiger partial charge is 0.422 e. The summed E-state index contributed by atoms with van der Waals surface area (Å²) in [5.41, 5.74) is 0.250. The van der Waals surface area contributed by atoms with E-state index in [0.717, 1.165) is 18.1 Å². The summed E-state index contributed by atoms with van der Waals surface area (Å²) in [5.74, 6) is 1.63. The van der Waals surface area contributed by atoms with E-state index in [-0.39, 0.29) is 29.8 Å². The minimum atomic E-state index is -4.42. The second-order valence-corrected chi connectivity index (χ2v) is 6.03. The minimum absolute atomic E-state index is 0.0131. The Morgan fingerprint density at radius 1 is 1.41 bits per heavy atom. The topological polar surface area (TPSA) is 50.4 Å². The highest BCUT2D eigenvalue weighted by Crippen LogP contribution is 2.26. The highest BCUT2D eigenvalue weighted by Gasteiger charge is 2.29. The average molecular weight is 334 g/mol. The summed E-state index contributed by atoms with van der Waals surface area (Å²) in [6.07, 6.45) is -4.14. The number of nitrogens with one attached hydrogen (secondary N) is 2. The van der Waals surface area contributed by atoms with Crippen LogP contribution < -0.4 is 15.4 Å². The number of benzene rings is 1. The maximum Gasteiger partial charge on any atom is 0.422 e. The van der Waals surface area contributed by atoms with Crippen molar-refractivity contribution < 1.29 is 22.7 Å². The van der Waals surface area contributed by atoms with Gasteiger partial charge in [-0.05, 0) is 12.1 Å². The molecule has 1 heterocycles. The molecule has 122 valence electrons. The number of amides is 1. The van der Waals surface area contributed by atoms with Crippen molar-refractivity contribution in [3.05, 3.63) is 24.3 Å². The zero-order valence-electron chi connectivity index (χ0n) is 11.8. The molecule has 2 rings (SSSR count). The molecule has 0 bridgehead atoms. The maximum atomic E-state index is 12.2. The molecule has 1 aromatic rings. The molecule has 1 aromatic carbocycles. The van der Waals surface area contributed by atoms with Gasteiger partial charge in [-0.15, -0.1) is 0 Å². The number of para-hydroxylation sites is 2. The van der Waals surface area contributed by atoms with Crippen LogP contribution in [0, 0.1) is 0 Å². The lowest BCUT2D eigenvalue weighted by Crippen LogP contribution is -2.39. The number of hydrogen-bond donors (Lipinski definition) is 2. The largest absolute Gasteiger partial charge is 0.482 e. The fourth-order valence-corrected chi connectivity index (χ4v) is 2.98. The highest BCUT2D eigenvalue weighted by molar-refractivity contribution is 7.99. The van der Waals surface area contributed by atoms with Gasteiger partial charge in [0.1, 0.15) is 5.75 Å². The Balaban J connectivity index is 1.92. The van der Waals surface area contributed by atoms with Crippen LogP contribution in [0.3, 0.4) is 0 Å². The number of carbonyl (C=O) groups excluding carboxylic acids is 1. The van der Waals surface area contributed by atoms with Crippen molar-refractivity contribution in [3.63, 3.8) is 0 Å². The highest BCUT2D eigenvalue weighted by atomic mass is 32.2. The number of hydrogen-bond acceptors (Lipinski definition) is 4. The van der Waals surface area contributed by atoms with Crippen molar-refractivity contribution in [1.82, 2.24) is 5.32 Å². The summed E-state index contributed by atoms with van der Waals surface area (Å²) in [6, 6.07) is 6.19. The van der Waals surface area contributed by atoms with E-state index in [9.17, 15) is 18.0 Å². The van der Waals surface area contributed by atoms with Gasteiger partial charge in [-0.3, -0.25) is 4.79 Å². The molecule has 22 heavy (non-hydrogen) atoms. The van der Waals surface area contributed by atoms with Gasteiger partial charge in [-0.2, -0.15) is 24.9 Å². The lowest BCUT2D eigenvalue weighted by atomic mass is 10.2. The number of alkyl halides is 3. The van der Waals surface area contributed by atoms with Crippen molar-refractivity contribution in [1.29, 1.82) is 0 Å². The molecule has 1 atom stereocenters. The normalized spacial score (nSPS) is 18.8. The molecule has 1 aliphatic heterocycles. The van der Waals surface area contributed by atoms with Crippen LogP contribution in [0.1, 0.15) is 6.42 Å². The van der Waals surface area contributed by atoms with Crippen LogP contribution >= 0.6 is 11.8 Å². The standard InChI is InChI=1S/C14H17F3N2O2S/c15-14(16,17)9-21-12-4-2-1-3-11(12)19-13(20)7-10-8-22-6-5-18-10/h1-4,10,18H,5-9H2,(H,19,20). The van der Waals surface area contributed by atoms with Crippen molar-refractivity contribution in [3.8, 4) is 5.75 Å². The number of anilines is 1. The molecule has 4 nitrogen and oxygen atoms in total. The van der Waals surface area contributed by atoms with Crippen molar-refractivity contribution >= 4 is 23.4 Å². The molecule has 1 aliphatic rings. The SMILES string of the molecule is O=C(CC1CSCCN1)Nc1ccccc1OCC(F)(F)F. The van der Waals surface area contributed by atoms with Gasteiger partial charge in [-0.1, -0.05) is 12.1 Å². The molecule has 0 spiro atoms. The number of halogens is 3. The summed E-state index contributed by atoms with van der Waals surface area (Å²) in [7, 11) is 0. The van der Waals surface area contributed by atoms with Crippen LogP contribution in [0.15, 0.2) is 24.3 Å². The second kappa shape index (κ2) is 7.73. The number of thioether (sulfide) groups is 1. The summed E-state index contributed by atoms with van der Waals surface area (Å²) < 4.78 is 41.4. The van der Waals surface area contributed by atoms with Gasteiger partial charge in [-0.25, -0.2) is 0 Å². The van der Waals surface area contributed by atoms with Gasteiger partial charge in [0.2, 0.25) is 5.91 Å². The first-order valence-electron chi connectivity index (χ1n) is 6.83. The van der Waals surface area contributed by atoms with Crippen LogP contribution in [0.25, 0.3) is 0 Å². The first-order valence-corrected chi connectivity index (χ1v) is 7.99. The van der Waals surface area contributed by atoms with Gasteiger partial charge in [0.15, 0.2) is 6.61 Å². The zero-order valence-corrected chi connectivity index (χ0v) is 12.6. The lowest BCUT2D eigenvalue weighted by molar-refractivity contribution is -0.153. The Morgan fingerprint density at radius 2 is 2.18 bits per heavy atom. The van der Waals surface area contributed by atoms with Gasteiger partial charge in [0.25, 0.3) is 0 Å². The van der Waals surface area contributed by atoms with Crippen LogP contribution in [-0.2, 0) is 4.79 Å². The summed E-state index contributed by atoms with van der Waals surface area (Å²) in [4.78, 5) is 12.0. The minimum Gasteiger partial charge on any atom is -0.482 e. The molecule has 8 heteroatoms. The van der Waals surface area contributed by atoms with E-state index in [0.29, 0.717) is 0 Å². The number of carbonyl (C=O) groups is 1. The zero-order chi connectivity index (χ0) is 16.0. The lowest BCUT2D eigenvalue weighted by Gasteiger charge is -2.22. The molecule has 0 aromatic heterocycles. The van der Waals surface area contributed by atoms with Crippen molar-refractivity contribution in [2.75, 3.05) is 30.0 Å². The second-order valence-electron chi connectivity index (χ2n) is 4.88. The van der Waals surface area contributed by atoms with E-state index in [2.05, 4.69) is 10.6 Å². The molecule has 0 aliphatic carbocycles. The molecule has 0 saturated carbocycles. The Labute approximate surface area is 130 Å². The maximum absolute atomic E-state index is 12.2. The number of rotatable bonds is 5. The summed E-state index contributed by atoms with van der Waals surface area (Å²) >= 11 is 1.77. The first-order chi connectivity index (χ1) is 10.4. The molecule has 1 amide bonds. The van der Waals surface area contributed by atoms with E-state index in [1.807, 2.05) is 0 Å². The van der Waals surface area contributed by atoms with E-state index < -0.39 is 12.8 Å². The Morgan fingerprint density at radius 3 is 2.86 bits per heavy atom. The predicted molar refractivity (Wildman–Crippen MR) is 80.4 cm³/mol. The average Bonchev–Trinajstić information content (AvgIpc) is 2.46. The summed E-state index contributed by atoms with van der Waals surface area (Å²) in [6.45, 7) is -0.533. The Bertz CT molecular complexity index is 505.